The predicted octanol–water partition coefficient (Wildman–Crippen LogP) is 1.77. The average Bonchev–Trinajstić information content (AvgIpc) is 2.58. The fourth-order valence-electron chi connectivity index (χ4n) is 1.81. The molecule has 3 heterocycles. The van der Waals surface area contributed by atoms with E-state index in [9.17, 15) is 0 Å². The fourth-order valence-corrected chi connectivity index (χ4v) is 1.81. The molecule has 2 aromatic rings. The summed E-state index contributed by atoms with van der Waals surface area (Å²) in [6, 6.07) is 10.5. The van der Waals surface area contributed by atoms with E-state index in [2.05, 4.69) is 64.0 Å². The number of pyridine rings is 1. The molecule has 0 aliphatic carbocycles. The van der Waals surface area contributed by atoms with E-state index in [1.807, 2.05) is 0 Å². The Morgan fingerprint density at radius 3 is 3.07 bits per heavy atom. The van der Waals surface area contributed by atoms with E-state index in [1.165, 1.54) is 11.4 Å². The maximum atomic E-state index is 2.23. The number of aromatic nitrogens is 2. The molecule has 1 aliphatic heterocycles. The standard InChI is InChI=1S/C12H11N2/c1-2-8-13-10-14-9-3-5-12(14)7-6-11(13)4-1/h1-9H,10H2/q+1. The van der Waals surface area contributed by atoms with Gasteiger partial charge in [-0.05, 0) is 24.3 Å². The maximum absolute atomic E-state index is 2.23. The van der Waals surface area contributed by atoms with Gasteiger partial charge in [0.2, 0.25) is 12.4 Å². The van der Waals surface area contributed by atoms with Gasteiger partial charge in [0.05, 0.1) is 0 Å². The molecule has 0 amide bonds. The molecule has 0 saturated heterocycles. The van der Waals surface area contributed by atoms with E-state index in [0.29, 0.717) is 0 Å². The van der Waals surface area contributed by atoms with Gasteiger partial charge in [0, 0.05) is 30.1 Å². The Balaban J connectivity index is 2.19. The van der Waals surface area contributed by atoms with Crippen LogP contribution in [0.5, 0.6) is 0 Å². The van der Waals surface area contributed by atoms with E-state index in [0.717, 1.165) is 6.67 Å². The SMILES string of the molecule is C1=Cc2cccc[n+]2Cn2cccc21. The highest BCUT2D eigenvalue weighted by Crippen LogP contribution is 2.09. The van der Waals surface area contributed by atoms with Gasteiger partial charge in [0.25, 0.3) is 0 Å². The number of hydrogen-bond acceptors (Lipinski definition) is 0. The Morgan fingerprint density at radius 2 is 2.07 bits per heavy atom. The zero-order chi connectivity index (χ0) is 9.38. The van der Waals surface area contributed by atoms with Crippen molar-refractivity contribution in [2.24, 2.45) is 0 Å². The molecule has 0 unspecified atom stereocenters. The summed E-state index contributed by atoms with van der Waals surface area (Å²) in [4.78, 5) is 0. The molecule has 0 spiro atoms. The Hall–Kier alpha value is -1.83. The van der Waals surface area contributed by atoms with Crippen LogP contribution in [0.1, 0.15) is 11.4 Å². The van der Waals surface area contributed by atoms with Crippen LogP contribution in [-0.4, -0.2) is 4.57 Å². The van der Waals surface area contributed by atoms with Gasteiger partial charge in [-0.15, -0.1) is 0 Å². The van der Waals surface area contributed by atoms with Crippen LogP contribution in [0.4, 0.5) is 0 Å². The van der Waals surface area contributed by atoms with Gasteiger partial charge in [-0.1, -0.05) is 0 Å². The maximum Gasteiger partial charge on any atom is 0.228 e. The summed E-state index contributed by atoms with van der Waals surface area (Å²) in [7, 11) is 0. The molecule has 14 heavy (non-hydrogen) atoms. The van der Waals surface area contributed by atoms with E-state index in [1.54, 1.807) is 0 Å². The molecule has 0 saturated carbocycles. The Morgan fingerprint density at radius 1 is 1.07 bits per heavy atom. The van der Waals surface area contributed by atoms with Crippen LogP contribution in [0.15, 0.2) is 42.7 Å². The molecule has 0 radical (unpaired) electrons. The van der Waals surface area contributed by atoms with Crippen molar-refractivity contribution < 1.29 is 4.57 Å². The van der Waals surface area contributed by atoms with E-state index in [4.69, 9.17) is 0 Å². The van der Waals surface area contributed by atoms with Gasteiger partial charge >= 0.3 is 0 Å². The second-order valence-electron chi connectivity index (χ2n) is 3.47. The normalized spacial score (nSPS) is 13.1. The van der Waals surface area contributed by atoms with Crippen molar-refractivity contribution in [2.45, 2.75) is 6.67 Å². The Labute approximate surface area is 82.7 Å². The third-order valence-corrected chi connectivity index (χ3v) is 2.57. The molecule has 0 aromatic carbocycles. The summed E-state index contributed by atoms with van der Waals surface area (Å²) < 4.78 is 4.46. The lowest BCUT2D eigenvalue weighted by Crippen LogP contribution is -2.39. The van der Waals surface area contributed by atoms with E-state index in [-0.39, 0.29) is 0 Å². The van der Waals surface area contributed by atoms with Crippen LogP contribution in [0.3, 0.4) is 0 Å². The van der Waals surface area contributed by atoms with Crippen molar-refractivity contribution in [3.63, 3.8) is 0 Å². The molecule has 2 heteroatoms. The first-order chi connectivity index (χ1) is 6.93. The number of fused-ring (bicyclic) bond motifs is 2. The minimum atomic E-state index is 0.894. The highest BCUT2D eigenvalue weighted by atomic mass is 15.2. The number of rotatable bonds is 0. The monoisotopic (exact) mass is 183 g/mol. The topological polar surface area (TPSA) is 8.81 Å². The summed E-state index contributed by atoms with van der Waals surface area (Å²) in [6.07, 6.45) is 8.52. The molecule has 1 aliphatic rings. The first-order valence-electron chi connectivity index (χ1n) is 4.75. The van der Waals surface area contributed by atoms with Crippen molar-refractivity contribution in [1.29, 1.82) is 0 Å². The molecule has 0 N–H and O–H groups in total. The summed E-state index contributed by atoms with van der Waals surface area (Å²) in [6.45, 7) is 0.894. The molecule has 2 aromatic heterocycles. The lowest BCUT2D eigenvalue weighted by atomic mass is 10.3. The highest BCUT2D eigenvalue weighted by Gasteiger charge is 2.11. The van der Waals surface area contributed by atoms with Gasteiger partial charge in [-0.25, -0.2) is 0 Å². The molecule has 0 bridgehead atoms. The third-order valence-electron chi connectivity index (χ3n) is 2.57. The average molecular weight is 183 g/mol. The molecular formula is C12H11N2+. The first-order valence-corrected chi connectivity index (χ1v) is 4.75. The quantitative estimate of drug-likeness (QED) is 0.470. The molecule has 0 atom stereocenters. The van der Waals surface area contributed by atoms with Gasteiger partial charge < -0.3 is 0 Å². The second-order valence-corrected chi connectivity index (χ2v) is 3.47. The molecular weight excluding hydrogens is 172 g/mol. The van der Waals surface area contributed by atoms with Crippen LogP contribution in [0.2, 0.25) is 0 Å². The van der Waals surface area contributed by atoms with Crippen molar-refractivity contribution >= 4 is 12.2 Å². The van der Waals surface area contributed by atoms with Crippen LogP contribution in [0.25, 0.3) is 12.2 Å². The van der Waals surface area contributed by atoms with Crippen LogP contribution < -0.4 is 4.57 Å². The summed E-state index contributed by atoms with van der Waals surface area (Å²) >= 11 is 0. The molecule has 3 rings (SSSR count). The molecule has 68 valence electrons. The van der Waals surface area contributed by atoms with Crippen LogP contribution >= 0.6 is 0 Å². The van der Waals surface area contributed by atoms with Crippen molar-refractivity contribution in [3.05, 3.63) is 54.1 Å². The molecule has 0 fully saturated rings. The van der Waals surface area contributed by atoms with E-state index < -0.39 is 0 Å². The smallest absolute Gasteiger partial charge is 0.228 e. The summed E-state index contributed by atoms with van der Waals surface area (Å²) in [5.74, 6) is 0. The van der Waals surface area contributed by atoms with Crippen LogP contribution in [-0.2, 0) is 6.67 Å². The van der Waals surface area contributed by atoms with Gasteiger partial charge in [0.15, 0.2) is 6.20 Å². The van der Waals surface area contributed by atoms with Crippen molar-refractivity contribution in [3.8, 4) is 0 Å². The Kier molecular flexibility index (Phi) is 1.53. The zero-order valence-electron chi connectivity index (χ0n) is 7.80. The summed E-state index contributed by atoms with van der Waals surface area (Å²) in [5.41, 5.74) is 2.50. The second kappa shape index (κ2) is 2.84. The van der Waals surface area contributed by atoms with Gasteiger partial charge in [-0.3, -0.25) is 4.57 Å². The fraction of sp³-hybridized carbons (Fsp3) is 0.0833. The highest BCUT2D eigenvalue weighted by molar-refractivity contribution is 5.65. The van der Waals surface area contributed by atoms with Crippen molar-refractivity contribution in [1.82, 2.24) is 4.57 Å². The van der Waals surface area contributed by atoms with Gasteiger partial charge in [-0.2, -0.15) is 4.57 Å². The van der Waals surface area contributed by atoms with Crippen molar-refractivity contribution in [2.75, 3.05) is 0 Å². The largest absolute Gasteiger partial charge is 0.292 e. The number of nitrogens with zero attached hydrogens (tertiary/aromatic N) is 2. The minimum absolute atomic E-state index is 0.894. The van der Waals surface area contributed by atoms with E-state index >= 15 is 0 Å². The van der Waals surface area contributed by atoms with Crippen LogP contribution in [0, 0.1) is 0 Å². The predicted molar refractivity (Wildman–Crippen MR) is 55.4 cm³/mol. The first kappa shape index (κ1) is 7.56. The molecule has 2 nitrogen and oxygen atoms in total. The zero-order valence-corrected chi connectivity index (χ0v) is 7.80. The Bertz CT molecular complexity index is 495. The lowest BCUT2D eigenvalue weighted by molar-refractivity contribution is -0.702. The lowest BCUT2D eigenvalue weighted by Gasteiger charge is -2.00. The summed E-state index contributed by atoms with van der Waals surface area (Å²) in [5, 5.41) is 0. The third kappa shape index (κ3) is 1.08. The minimum Gasteiger partial charge on any atom is -0.292 e. The number of hydrogen-bond donors (Lipinski definition) is 0. The van der Waals surface area contributed by atoms with Gasteiger partial charge in [0.1, 0.15) is 0 Å².